The molecule has 0 unspecified atom stereocenters. The highest BCUT2D eigenvalue weighted by atomic mass is 79.9. The lowest BCUT2D eigenvalue weighted by molar-refractivity contribution is 0.464. The Morgan fingerprint density at radius 3 is 2.80 bits per heavy atom. The summed E-state index contributed by atoms with van der Waals surface area (Å²) < 4.78 is 6.62. The SMILES string of the molecule is CC(C)CCCNCc1nnc(-c2ccccc2Br)o1. The molecule has 5 heteroatoms. The van der Waals surface area contributed by atoms with Crippen molar-refractivity contribution >= 4 is 15.9 Å². The van der Waals surface area contributed by atoms with E-state index in [-0.39, 0.29) is 0 Å². The molecule has 108 valence electrons. The monoisotopic (exact) mass is 337 g/mol. The molecule has 20 heavy (non-hydrogen) atoms. The van der Waals surface area contributed by atoms with Crippen LogP contribution in [0.1, 0.15) is 32.6 Å². The Balaban J connectivity index is 1.85. The van der Waals surface area contributed by atoms with Crippen molar-refractivity contribution < 1.29 is 4.42 Å². The fourth-order valence-electron chi connectivity index (χ4n) is 1.90. The molecule has 2 aromatic rings. The normalized spacial score (nSPS) is 11.2. The first-order chi connectivity index (χ1) is 9.66. The maximum absolute atomic E-state index is 5.66. The number of hydrogen-bond donors (Lipinski definition) is 1. The lowest BCUT2D eigenvalue weighted by Crippen LogP contribution is -2.15. The van der Waals surface area contributed by atoms with E-state index in [2.05, 4.69) is 45.3 Å². The van der Waals surface area contributed by atoms with Gasteiger partial charge in [-0.25, -0.2) is 0 Å². The number of aromatic nitrogens is 2. The van der Waals surface area contributed by atoms with Gasteiger partial charge < -0.3 is 9.73 Å². The summed E-state index contributed by atoms with van der Waals surface area (Å²) in [5, 5.41) is 11.5. The predicted molar refractivity (Wildman–Crippen MR) is 83.2 cm³/mol. The van der Waals surface area contributed by atoms with Crippen molar-refractivity contribution in [1.29, 1.82) is 0 Å². The topological polar surface area (TPSA) is 51.0 Å². The van der Waals surface area contributed by atoms with E-state index in [4.69, 9.17) is 4.42 Å². The summed E-state index contributed by atoms with van der Waals surface area (Å²) in [4.78, 5) is 0. The van der Waals surface area contributed by atoms with E-state index in [1.54, 1.807) is 0 Å². The molecule has 0 spiro atoms. The number of benzene rings is 1. The third kappa shape index (κ3) is 4.42. The minimum absolute atomic E-state index is 0.552. The van der Waals surface area contributed by atoms with Gasteiger partial charge in [-0.2, -0.15) is 0 Å². The Labute approximate surface area is 128 Å². The van der Waals surface area contributed by atoms with Crippen LogP contribution in [0.15, 0.2) is 33.2 Å². The van der Waals surface area contributed by atoms with Gasteiger partial charge in [0.1, 0.15) is 0 Å². The van der Waals surface area contributed by atoms with Crippen molar-refractivity contribution in [1.82, 2.24) is 15.5 Å². The van der Waals surface area contributed by atoms with E-state index in [1.807, 2.05) is 24.3 Å². The molecule has 0 aliphatic heterocycles. The van der Waals surface area contributed by atoms with Crippen LogP contribution in [-0.2, 0) is 6.54 Å². The number of nitrogens with one attached hydrogen (secondary N) is 1. The molecular weight excluding hydrogens is 318 g/mol. The van der Waals surface area contributed by atoms with E-state index in [9.17, 15) is 0 Å². The highest BCUT2D eigenvalue weighted by molar-refractivity contribution is 9.10. The average molecular weight is 338 g/mol. The van der Waals surface area contributed by atoms with Crippen molar-refractivity contribution in [2.24, 2.45) is 5.92 Å². The standard InChI is InChI=1S/C15H20BrN3O/c1-11(2)6-5-9-17-10-14-18-19-15(20-14)12-7-3-4-8-13(12)16/h3-4,7-8,11,17H,5-6,9-10H2,1-2H3. The fourth-order valence-corrected chi connectivity index (χ4v) is 2.35. The van der Waals surface area contributed by atoms with Crippen molar-refractivity contribution in [3.63, 3.8) is 0 Å². The second-order valence-corrected chi connectivity index (χ2v) is 6.05. The molecule has 0 radical (unpaired) electrons. The molecule has 0 saturated heterocycles. The number of hydrogen-bond acceptors (Lipinski definition) is 4. The summed E-state index contributed by atoms with van der Waals surface area (Å²) in [6, 6.07) is 7.83. The van der Waals surface area contributed by atoms with Crippen LogP contribution < -0.4 is 5.32 Å². The van der Waals surface area contributed by atoms with Gasteiger partial charge in [0.15, 0.2) is 0 Å². The first-order valence-corrected chi connectivity index (χ1v) is 7.74. The summed E-state index contributed by atoms with van der Waals surface area (Å²) in [7, 11) is 0. The van der Waals surface area contributed by atoms with Crippen LogP contribution in [0.25, 0.3) is 11.5 Å². The Morgan fingerprint density at radius 2 is 2.05 bits per heavy atom. The minimum atomic E-state index is 0.552. The van der Waals surface area contributed by atoms with Gasteiger partial charge in [-0.15, -0.1) is 10.2 Å². The quantitative estimate of drug-likeness (QED) is 0.775. The van der Waals surface area contributed by atoms with Crippen molar-refractivity contribution in [3.05, 3.63) is 34.6 Å². The zero-order valence-electron chi connectivity index (χ0n) is 11.9. The lowest BCUT2D eigenvalue weighted by Gasteiger charge is -2.04. The summed E-state index contributed by atoms with van der Waals surface area (Å²) in [6.45, 7) is 6.07. The molecule has 0 atom stereocenters. The predicted octanol–water partition coefficient (Wildman–Crippen LogP) is 4.02. The molecule has 1 N–H and O–H groups in total. The van der Waals surface area contributed by atoms with E-state index in [0.29, 0.717) is 18.3 Å². The van der Waals surface area contributed by atoms with Gasteiger partial charge in [-0.3, -0.25) is 0 Å². The molecular formula is C15H20BrN3O. The third-order valence-electron chi connectivity index (χ3n) is 2.98. The van der Waals surface area contributed by atoms with Crippen LogP contribution in [-0.4, -0.2) is 16.7 Å². The van der Waals surface area contributed by atoms with Crippen LogP contribution in [0.2, 0.25) is 0 Å². The molecule has 0 fully saturated rings. The molecule has 4 nitrogen and oxygen atoms in total. The molecule has 0 aliphatic carbocycles. The summed E-state index contributed by atoms with van der Waals surface area (Å²) >= 11 is 3.49. The fraction of sp³-hybridized carbons (Fsp3) is 0.467. The van der Waals surface area contributed by atoms with Gasteiger partial charge in [0, 0.05) is 4.47 Å². The minimum Gasteiger partial charge on any atom is -0.419 e. The van der Waals surface area contributed by atoms with Crippen molar-refractivity contribution in [2.45, 2.75) is 33.2 Å². The molecule has 1 aromatic carbocycles. The van der Waals surface area contributed by atoms with Crippen LogP contribution in [0.4, 0.5) is 0 Å². The van der Waals surface area contributed by atoms with Crippen LogP contribution in [0.3, 0.4) is 0 Å². The van der Waals surface area contributed by atoms with Crippen molar-refractivity contribution in [2.75, 3.05) is 6.54 Å². The molecule has 0 aliphatic rings. The Hall–Kier alpha value is -1.20. The van der Waals surface area contributed by atoms with Crippen LogP contribution in [0, 0.1) is 5.92 Å². The first kappa shape index (κ1) is 15.2. The smallest absolute Gasteiger partial charge is 0.248 e. The van der Waals surface area contributed by atoms with E-state index >= 15 is 0 Å². The van der Waals surface area contributed by atoms with Gasteiger partial charge in [-0.1, -0.05) is 26.0 Å². The number of rotatable bonds is 7. The molecule has 0 bridgehead atoms. The average Bonchev–Trinajstić information content (AvgIpc) is 2.87. The second kappa shape index (κ2) is 7.55. The number of halogens is 1. The molecule has 1 heterocycles. The number of nitrogens with zero attached hydrogens (tertiary/aromatic N) is 2. The lowest BCUT2D eigenvalue weighted by atomic mass is 10.1. The van der Waals surface area contributed by atoms with E-state index < -0.39 is 0 Å². The van der Waals surface area contributed by atoms with E-state index in [1.165, 1.54) is 12.8 Å². The molecule has 1 aromatic heterocycles. The van der Waals surface area contributed by atoms with Gasteiger partial charge in [0.05, 0.1) is 12.1 Å². The highest BCUT2D eigenvalue weighted by Gasteiger charge is 2.10. The zero-order chi connectivity index (χ0) is 14.4. The molecule has 0 amide bonds. The molecule has 2 rings (SSSR count). The van der Waals surface area contributed by atoms with Gasteiger partial charge in [0.2, 0.25) is 11.8 Å². The Kier molecular flexibility index (Phi) is 5.73. The van der Waals surface area contributed by atoms with E-state index in [0.717, 1.165) is 22.5 Å². The van der Waals surface area contributed by atoms with Crippen LogP contribution in [0.5, 0.6) is 0 Å². The molecule has 0 saturated carbocycles. The summed E-state index contributed by atoms with van der Waals surface area (Å²) in [6.07, 6.45) is 2.40. The largest absolute Gasteiger partial charge is 0.419 e. The van der Waals surface area contributed by atoms with Crippen molar-refractivity contribution in [3.8, 4) is 11.5 Å². The zero-order valence-corrected chi connectivity index (χ0v) is 13.5. The highest BCUT2D eigenvalue weighted by Crippen LogP contribution is 2.26. The third-order valence-corrected chi connectivity index (χ3v) is 3.67. The second-order valence-electron chi connectivity index (χ2n) is 5.19. The Bertz CT molecular complexity index is 539. The summed E-state index contributed by atoms with van der Waals surface area (Å²) in [5.74, 6) is 1.93. The van der Waals surface area contributed by atoms with Gasteiger partial charge >= 0.3 is 0 Å². The van der Waals surface area contributed by atoms with Crippen LogP contribution >= 0.6 is 15.9 Å². The maximum atomic E-state index is 5.66. The van der Waals surface area contributed by atoms with Gasteiger partial charge in [0.25, 0.3) is 0 Å². The first-order valence-electron chi connectivity index (χ1n) is 6.95. The summed E-state index contributed by atoms with van der Waals surface area (Å²) in [5.41, 5.74) is 0.922. The Morgan fingerprint density at radius 1 is 1.25 bits per heavy atom. The maximum Gasteiger partial charge on any atom is 0.248 e. The van der Waals surface area contributed by atoms with Gasteiger partial charge in [-0.05, 0) is 53.4 Å².